The van der Waals surface area contributed by atoms with Gasteiger partial charge in [0.05, 0.1) is 23.7 Å². The fourth-order valence-electron chi connectivity index (χ4n) is 3.97. The number of nitrogens with zero attached hydrogens (tertiary/aromatic N) is 3. The quantitative estimate of drug-likeness (QED) is 0.457. The summed E-state index contributed by atoms with van der Waals surface area (Å²) in [4.78, 5) is 19.6. The maximum atomic E-state index is 13.4. The number of alkyl halides is 3. The lowest BCUT2D eigenvalue weighted by molar-refractivity contribution is -0.274. The minimum Gasteiger partial charge on any atom is -0.406 e. The van der Waals surface area contributed by atoms with E-state index in [0.717, 1.165) is 5.56 Å². The van der Waals surface area contributed by atoms with E-state index in [-0.39, 0.29) is 24.1 Å². The number of aliphatic imine (C=N–C) groups is 1. The Balaban J connectivity index is 1.73. The smallest absolute Gasteiger partial charge is 0.406 e. The van der Waals surface area contributed by atoms with E-state index < -0.39 is 12.4 Å². The van der Waals surface area contributed by atoms with Gasteiger partial charge in [0.15, 0.2) is 0 Å². The maximum Gasteiger partial charge on any atom is 0.573 e. The van der Waals surface area contributed by atoms with Crippen molar-refractivity contribution in [1.82, 2.24) is 0 Å². The van der Waals surface area contributed by atoms with E-state index in [1.54, 1.807) is 30.3 Å². The molecular weight excluding hydrogens is 443 g/mol. The summed E-state index contributed by atoms with van der Waals surface area (Å²) in [5, 5.41) is 9.09. The number of rotatable bonds is 5. The molecule has 0 spiro atoms. The Kier molecular flexibility index (Phi) is 6.37. The molecule has 1 aliphatic heterocycles. The molecule has 8 heteroatoms. The molecule has 0 N–H and O–H groups in total. The summed E-state index contributed by atoms with van der Waals surface area (Å²) in [5.74, 6) is -0.695. The number of carbonyl (C=O) groups is 1. The van der Waals surface area contributed by atoms with Gasteiger partial charge in [0.25, 0.3) is 5.91 Å². The van der Waals surface area contributed by atoms with E-state index in [2.05, 4.69) is 9.73 Å². The van der Waals surface area contributed by atoms with Crippen LogP contribution in [0.3, 0.4) is 0 Å². The number of ether oxygens (including phenoxy) is 1. The Morgan fingerprint density at radius 1 is 1.06 bits per heavy atom. The lowest BCUT2D eigenvalue weighted by Gasteiger charge is -2.25. The Labute approximate surface area is 194 Å². The average molecular weight is 463 g/mol. The van der Waals surface area contributed by atoms with E-state index in [9.17, 15) is 18.0 Å². The van der Waals surface area contributed by atoms with Crippen LogP contribution in [0.25, 0.3) is 0 Å². The third-order valence-corrected chi connectivity index (χ3v) is 5.55. The number of amides is 1. The molecule has 1 fully saturated rings. The summed E-state index contributed by atoms with van der Waals surface area (Å²) in [5.41, 5.74) is 2.70. The van der Waals surface area contributed by atoms with Crippen molar-refractivity contribution in [2.45, 2.75) is 31.8 Å². The van der Waals surface area contributed by atoms with E-state index in [1.165, 1.54) is 23.1 Å². The molecule has 0 bridgehead atoms. The van der Waals surface area contributed by atoms with Crippen LogP contribution in [0.4, 0.5) is 18.9 Å². The van der Waals surface area contributed by atoms with Gasteiger partial charge >= 0.3 is 6.36 Å². The van der Waals surface area contributed by atoms with Crippen molar-refractivity contribution in [2.24, 2.45) is 4.99 Å². The van der Waals surface area contributed by atoms with Crippen molar-refractivity contribution in [2.75, 3.05) is 4.90 Å². The average Bonchev–Trinajstić information content (AvgIpc) is 3.14. The van der Waals surface area contributed by atoms with Crippen LogP contribution in [0.15, 0.2) is 83.9 Å². The first-order valence-electron chi connectivity index (χ1n) is 10.6. The molecule has 1 aliphatic rings. The zero-order valence-corrected chi connectivity index (χ0v) is 18.2. The van der Waals surface area contributed by atoms with Crippen LogP contribution in [-0.4, -0.2) is 18.0 Å². The topological polar surface area (TPSA) is 65.7 Å². The Morgan fingerprint density at radius 2 is 1.76 bits per heavy atom. The van der Waals surface area contributed by atoms with Gasteiger partial charge in [-0.25, -0.2) is 0 Å². The lowest BCUT2D eigenvalue weighted by Crippen LogP contribution is -2.29. The van der Waals surface area contributed by atoms with E-state index in [4.69, 9.17) is 5.26 Å². The van der Waals surface area contributed by atoms with Gasteiger partial charge in [0, 0.05) is 12.1 Å². The SMILES string of the molecule is C[C@@H](N=C1CC(c2cccc(OC(F)(F)F)c2)N(c2ccc(C#N)cc2)C1=O)c1ccccc1. The fraction of sp³-hybridized carbons (Fsp3) is 0.192. The van der Waals surface area contributed by atoms with Crippen molar-refractivity contribution >= 4 is 17.3 Å². The first kappa shape index (κ1) is 23.1. The highest BCUT2D eigenvalue weighted by Gasteiger charge is 2.39. The summed E-state index contributed by atoms with van der Waals surface area (Å²) < 4.78 is 42.4. The number of carbonyl (C=O) groups excluding carboxylic acids is 1. The molecule has 1 unspecified atom stereocenters. The molecule has 172 valence electrons. The standard InChI is InChI=1S/C26H20F3N3O2/c1-17(19-6-3-2-4-7-19)31-23-15-24(20-8-5-9-22(14-20)34-26(27,28)29)32(25(23)33)21-12-10-18(16-30)11-13-21/h2-14,17,24H,15H2,1H3/t17-,24?/m1/s1. The normalized spacial score (nSPS) is 18.1. The molecule has 0 aliphatic carbocycles. The summed E-state index contributed by atoms with van der Waals surface area (Å²) in [6.07, 6.45) is -4.61. The Bertz CT molecular complexity index is 1250. The van der Waals surface area contributed by atoms with Crippen LogP contribution in [0.1, 0.15) is 42.1 Å². The maximum absolute atomic E-state index is 13.4. The number of benzene rings is 3. The molecule has 0 radical (unpaired) electrons. The van der Waals surface area contributed by atoms with Gasteiger partial charge in [0.1, 0.15) is 11.5 Å². The molecule has 1 heterocycles. The minimum absolute atomic E-state index is 0.214. The third kappa shape index (κ3) is 5.09. The first-order valence-corrected chi connectivity index (χ1v) is 10.6. The second-order valence-electron chi connectivity index (χ2n) is 7.84. The van der Waals surface area contributed by atoms with E-state index in [1.807, 2.05) is 43.3 Å². The molecular formula is C26H20F3N3O2. The first-order chi connectivity index (χ1) is 16.2. The third-order valence-electron chi connectivity index (χ3n) is 5.55. The zero-order chi connectivity index (χ0) is 24.3. The number of halogens is 3. The Morgan fingerprint density at radius 3 is 2.41 bits per heavy atom. The highest BCUT2D eigenvalue weighted by Crippen LogP contribution is 2.38. The van der Waals surface area contributed by atoms with Crippen molar-refractivity contribution in [3.05, 3.63) is 95.6 Å². The van der Waals surface area contributed by atoms with Gasteiger partial charge in [-0.2, -0.15) is 5.26 Å². The molecule has 1 amide bonds. The van der Waals surface area contributed by atoms with Gasteiger partial charge in [-0.15, -0.1) is 13.2 Å². The van der Waals surface area contributed by atoms with Crippen LogP contribution in [-0.2, 0) is 4.79 Å². The van der Waals surface area contributed by atoms with Crippen molar-refractivity contribution < 1.29 is 22.7 Å². The van der Waals surface area contributed by atoms with Gasteiger partial charge in [0.2, 0.25) is 0 Å². The van der Waals surface area contributed by atoms with Gasteiger partial charge in [-0.3, -0.25) is 14.7 Å². The van der Waals surface area contributed by atoms with Crippen molar-refractivity contribution in [3.8, 4) is 11.8 Å². The lowest BCUT2D eigenvalue weighted by atomic mass is 10.0. The minimum atomic E-state index is -4.82. The summed E-state index contributed by atoms with van der Waals surface area (Å²) in [6.45, 7) is 1.88. The van der Waals surface area contributed by atoms with E-state index in [0.29, 0.717) is 22.5 Å². The summed E-state index contributed by atoms with van der Waals surface area (Å²) in [6, 6.07) is 22.7. The molecule has 3 aromatic carbocycles. The highest BCUT2D eigenvalue weighted by molar-refractivity contribution is 6.46. The van der Waals surface area contributed by atoms with E-state index >= 15 is 0 Å². The number of hydrogen-bond donors (Lipinski definition) is 0. The predicted octanol–water partition coefficient (Wildman–Crippen LogP) is 6.14. The monoisotopic (exact) mass is 463 g/mol. The largest absolute Gasteiger partial charge is 0.573 e. The summed E-state index contributed by atoms with van der Waals surface area (Å²) >= 11 is 0. The summed E-state index contributed by atoms with van der Waals surface area (Å²) in [7, 11) is 0. The molecule has 0 aromatic heterocycles. The van der Waals surface area contributed by atoms with Crippen LogP contribution in [0, 0.1) is 11.3 Å². The zero-order valence-electron chi connectivity index (χ0n) is 18.2. The molecule has 0 saturated carbocycles. The number of anilines is 1. The van der Waals surface area contributed by atoms with Crippen LogP contribution < -0.4 is 9.64 Å². The van der Waals surface area contributed by atoms with Crippen molar-refractivity contribution in [3.63, 3.8) is 0 Å². The Hall–Kier alpha value is -4.12. The molecule has 1 saturated heterocycles. The van der Waals surface area contributed by atoms with Crippen molar-refractivity contribution in [1.29, 1.82) is 5.26 Å². The number of hydrogen-bond acceptors (Lipinski definition) is 4. The number of nitriles is 1. The van der Waals surface area contributed by atoms with Crippen LogP contribution in [0.5, 0.6) is 5.75 Å². The molecule has 34 heavy (non-hydrogen) atoms. The van der Waals surface area contributed by atoms with Gasteiger partial charge < -0.3 is 4.74 Å². The highest BCUT2D eigenvalue weighted by atomic mass is 19.4. The second-order valence-corrected chi connectivity index (χ2v) is 7.84. The van der Waals surface area contributed by atoms with Crippen LogP contribution in [0.2, 0.25) is 0 Å². The fourth-order valence-corrected chi connectivity index (χ4v) is 3.97. The molecule has 5 nitrogen and oxygen atoms in total. The van der Waals surface area contributed by atoms with Crippen LogP contribution >= 0.6 is 0 Å². The molecule has 3 aromatic rings. The van der Waals surface area contributed by atoms with Gasteiger partial charge in [-0.1, -0.05) is 42.5 Å². The molecule has 4 rings (SSSR count). The van der Waals surface area contributed by atoms with Gasteiger partial charge in [-0.05, 0) is 54.4 Å². The molecule has 2 atom stereocenters. The predicted molar refractivity (Wildman–Crippen MR) is 121 cm³/mol. The second kappa shape index (κ2) is 9.40.